The molecule has 0 radical (unpaired) electrons. The van der Waals surface area contributed by atoms with Crippen molar-refractivity contribution in [3.63, 3.8) is 0 Å². The van der Waals surface area contributed by atoms with E-state index in [9.17, 15) is 4.79 Å². The van der Waals surface area contributed by atoms with Crippen LogP contribution in [0.15, 0.2) is 6.07 Å². The second-order valence-electron chi connectivity index (χ2n) is 3.42. The normalized spacial score (nSPS) is 25.7. The maximum Gasteiger partial charge on any atom is 0.272 e. The number of rotatable bonds is 2. The summed E-state index contributed by atoms with van der Waals surface area (Å²) < 4.78 is 0. The summed E-state index contributed by atoms with van der Waals surface area (Å²) in [5, 5.41) is 9.34. The Balaban J connectivity index is 1.97. The fourth-order valence-corrected chi connectivity index (χ4v) is 1.16. The van der Waals surface area contributed by atoms with Crippen LogP contribution in [0.2, 0.25) is 0 Å². The Labute approximate surface area is 75.7 Å². The molecule has 5 heteroatoms. The van der Waals surface area contributed by atoms with E-state index in [4.69, 9.17) is 5.73 Å². The van der Waals surface area contributed by atoms with Crippen molar-refractivity contribution in [2.24, 2.45) is 5.73 Å². The third-order valence-corrected chi connectivity index (χ3v) is 2.09. The molecule has 1 fully saturated rings. The van der Waals surface area contributed by atoms with E-state index >= 15 is 0 Å². The van der Waals surface area contributed by atoms with E-state index in [1.807, 2.05) is 6.92 Å². The standard InChI is InChI=1S/C8H12N4O/c1-4-2-7(12-11-4)8(13)10-6-3-5(6)9/h2,5-6H,3,9H2,1H3,(H,10,13)(H,11,12). The Hall–Kier alpha value is -1.36. The number of aromatic nitrogens is 2. The van der Waals surface area contributed by atoms with Gasteiger partial charge in [0.05, 0.1) is 0 Å². The first kappa shape index (κ1) is 8.25. The van der Waals surface area contributed by atoms with Crippen LogP contribution >= 0.6 is 0 Å². The van der Waals surface area contributed by atoms with E-state index in [1.165, 1.54) is 0 Å². The highest BCUT2D eigenvalue weighted by Crippen LogP contribution is 2.18. The summed E-state index contributed by atoms with van der Waals surface area (Å²) in [7, 11) is 0. The fourth-order valence-electron chi connectivity index (χ4n) is 1.16. The van der Waals surface area contributed by atoms with Gasteiger partial charge >= 0.3 is 0 Å². The summed E-state index contributed by atoms with van der Waals surface area (Å²) in [5.41, 5.74) is 6.86. The van der Waals surface area contributed by atoms with E-state index in [-0.39, 0.29) is 18.0 Å². The molecule has 1 aliphatic rings. The molecule has 2 rings (SSSR count). The van der Waals surface area contributed by atoms with Crippen LogP contribution in [0.3, 0.4) is 0 Å². The van der Waals surface area contributed by atoms with Gasteiger partial charge < -0.3 is 11.1 Å². The van der Waals surface area contributed by atoms with Gasteiger partial charge in [0.15, 0.2) is 0 Å². The molecule has 1 aliphatic carbocycles. The van der Waals surface area contributed by atoms with Crippen LogP contribution in [0.1, 0.15) is 22.6 Å². The summed E-state index contributed by atoms with van der Waals surface area (Å²) in [5.74, 6) is -0.151. The topological polar surface area (TPSA) is 83.8 Å². The molecule has 4 N–H and O–H groups in total. The number of hydrogen-bond acceptors (Lipinski definition) is 3. The number of aryl methyl sites for hydroxylation is 1. The van der Waals surface area contributed by atoms with Crippen molar-refractivity contribution in [2.45, 2.75) is 25.4 Å². The van der Waals surface area contributed by atoms with Crippen LogP contribution in [-0.4, -0.2) is 28.2 Å². The average molecular weight is 180 g/mol. The predicted octanol–water partition coefficient (Wildman–Crippen LogP) is -0.452. The minimum Gasteiger partial charge on any atom is -0.346 e. The molecule has 0 aromatic carbocycles. The Bertz CT molecular complexity index is 333. The lowest BCUT2D eigenvalue weighted by atomic mass is 10.3. The fraction of sp³-hybridized carbons (Fsp3) is 0.500. The number of nitrogens with zero attached hydrogens (tertiary/aromatic N) is 1. The van der Waals surface area contributed by atoms with Crippen molar-refractivity contribution in [3.05, 3.63) is 17.5 Å². The van der Waals surface area contributed by atoms with Crippen molar-refractivity contribution in [3.8, 4) is 0 Å². The Kier molecular flexibility index (Phi) is 1.81. The number of aromatic amines is 1. The molecule has 5 nitrogen and oxygen atoms in total. The third-order valence-electron chi connectivity index (χ3n) is 2.09. The SMILES string of the molecule is Cc1cc(C(=O)NC2CC2N)n[nH]1. The van der Waals surface area contributed by atoms with Gasteiger partial charge in [0.1, 0.15) is 5.69 Å². The molecular weight excluding hydrogens is 168 g/mol. The molecule has 13 heavy (non-hydrogen) atoms. The molecular formula is C8H12N4O. The van der Waals surface area contributed by atoms with Gasteiger partial charge in [0.25, 0.3) is 5.91 Å². The van der Waals surface area contributed by atoms with Crippen molar-refractivity contribution < 1.29 is 4.79 Å². The van der Waals surface area contributed by atoms with Gasteiger partial charge in [-0.2, -0.15) is 5.10 Å². The van der Waals surface area contributed by atoms with Gasteiger partial charge in [0, 0.05) is 17.8 Å². The van der Waals surface area contributed by atoms with Crippen molar-refractivity contribution in [2.75, 3.05) is 0 Å². The monoisotopic (exact) mass is 180 g/mol. The number of nitrogens with two attached hydrogens (primary N) is 1. The van der Waals surface area contributed by atoms with Crippen molar-refractivity contribution in [1.29, 1.82) is 0 Å². The summed E-state index contributed by atoms with van der Waals surface area (Å²) >= 11 is 0. The van der Waals surface area contributed by atoms with Crippen molar-refractivity contribution >= 4 is 5.91 Å². The van der Waals surface area contributed by atoms with Gasteiger partial charge in [-0.1, -0.05) is 0 Å². The van der Waals surface area contributed by atoms with E-state index in [1.54, 1.807) is 6.07 Å². The quantitative estimate of drug-likeness (QED) is 0.576. The lowest BCUT2D eigenvalue weighted by molar-refractivity contribution is 0.0945. The van der Waals surface area contributed by atoms with Crippen LogP contribution in [0, 0.1) is 6.92 Å². The molecule has 70 valence electrons. The number of nitrogens with one attached hydrogen (secondary N) is 2. The first-order valence-electron chi connectivity index (χ1n) is 4.25. The second kappa shape index (κ2) is 2.85. The molecule has 1 aromatic rings. The Morgan fingerprint density at radius 2 is 2.54 bits per heavy atom. The van der Waals surface area contributed by atoms with E-state index in [2.05, 4.69) is 15.5 Å². The lowest BCUT2D eigenvalue weighted by Gasteiger charge is -1.98. The Morgan fingerprint density at radius 1 is 1.85 bits per heavy atom. The van der Waals surface area contributed by atoms with Gasteiger partial charge in [0.2, 0.25) is 0 Å². The van der Waals surface area contributed by atoms with Crippen LogP contribution in [0.5, 0.6) is 0 Å². The summed E-state index contributed by atoms with van der Waals surface area (Å²) in [6, 6.07) is 1.98. The largest absolute Gasteiger partial charge is 0.346 e. The van der Waals surface area contributed by atoms with Gasteiger partial charge in [-0.3, -0.25) is 9.89 Å². The predicted molar refractivity (Wildman–Crippen MR) is 47.2 cm³/mol. The molecule has 1 heterocycles. The van der Waals surface area contributed by atoms with E-state index in [0.29, 0.717) is 5.69 Å². The van der Waals surface area contributed by atoms with E-state index < -0.39 is 0 Å². The number of hydrogen-bond donors (Lipinski definition) is 3. The summed E-state index contributed by atoms with van der Waals surface area (Å²) in [6.07, 6.45) is 0.870. The summed E-state index contributed by atoms with van der Waals surface area (Å²) in [4.78, 5) is 11.4. The third kappa shape index (κ3) is 1.70. The molecule has 1 saturated carbocycles. The molecule has 0 bridgehead atoms. The maximum atomic E-state index is 11.4. The van der Waals surface area contributed by atoms with Gasteiger partial charge in [-0.25, -0.2) is 0 Å². The minimum atomic E-state index is -0.151. The number of amides is 1. The van der Waals surface area contributed by atoms with Crippen LogP contribution in [0.4, 0.5) is 0 Å². The highest BCUT2D eigenvalue weighted by molar-refractivity contribution is 5.92. The molecule has 0 saturated heterocycles. The summed E-state index contributed by atoms with van der Waals surface area (Å²) in [6.45, 7) is 1.85. The lowest BCUT2D eigenvalue weighted by Crippen LogP contribution is -2.29. The molecule has 1 aromatic heterocycles. The number of carbonyl (C=O) groups is 1. The average Bonchev–Trinajstić information content (AvgIpc) is 2.62. The van der Waals surface area contributed by atoms with Gasteiger partial charge in [-0.15, -0.1) is 0 Å². The molecule has 0 aliphatic heterocycles. The first-order chi connectivity index (χ1) is 6.16. The minimum absolute atomic E-state index is 0.129. The van der Waals surface area contributed by atoms with Gasteiger partial charge in [-0.05, 0) is 19.4 Å². The number of carbonyl (C=O) groups excluding carboxylic acids is 1. The molecule has 2 atom stereocenters. The second-order valence-corrected chi connectivity index (χ2v) is 3.42. The van der Waals surface area contributed by atoms with Crippen LogP contribution in [0.25, 0.3) is 0 Å². The zero-order valence-corrected chi connectivity index (χ0v) is 7.37. The van der Waals surface area contributed by atoms with Crippen LogP contribution in [-0.2, 0) is 0 Å². The highest BCUT2D eigenvalue weighted by Gasteiger charge is 2.35. The number of H-pyrrole nitrogens is 1. The highest BCUT2D eigenvalue weighted by atomic mass is 16.2. The van der Waals surface area contributed by atoms with Crippen molar-refractivity contribution in [1.82, 2.24) is 15.5 Å². The Morgan fingerprint density at radius 3 is 3.00 bits per heavy atom. The molecule has 0 spiro atoms. The maximum absolute atomic E-state index is 11.4. The van der Waals surface area contributed by atoms with E-state index in [0.717, 1.165) is 12.1 Å². The zero-order chi connectivity index (χ0) is 9.42. The zero-order valence-electron chi connectivity index (χ0n) is 7.37. The molecule has 2 unspecified atom stereocenters. The van der Waals surface area contributed by atoms with Crippen LogP contribution < -0.4 is 11.1 Å². The first-order valence-corrected chi connectivity index (χ1v) is 4.25. The molecule has 1 amide bonds. The smallest absolute Gasteiger partial charge is 0.272 e.